The highest BCUT2D eigenvalue weighted by Gasteiger charge is 2.12. The van der Waals surface area contributed by atoms with Crippen molar-refractivity contribution in [1.29, 1.82) is 0 Å². The molecule has 0 aliphatic carbocycles. The van der Waals surface area contributed by atoms with Crippen LogP contribution in [0.3, 0.4) is 0 Å². The van der Waals surface area contributed by atoms with Gasteiger partial charge < -0.3 is 0 Å². The zero-order valence-corrected chi connectivity index (χ0v) is 10.4. The molecule has 0 saturated heterocycles. The Labute approximate surface area is 104 Å². The fourth-order valence-electron chi connectivity index (χ4n) is 2.14. The third-order valence-electron chi connectivity index (χ3n) is 3.19. The molecule has 1 atom stereocenters. The Morgan fingerprint density at radius 1 is 0.941 bits per heavy atom. The summed E-state index contributed by atoms with van der Waals surface area (Å²) in [5, 5.41) is 0. The number of pyridine rings is 1. The topological polar surface area (TPSA) is 3.88 Å². The molecule has 1 heteroatoms. The molecule has 0 aliphatic rings. The van der Waals surface area contributed by atoms with Gasteiger partial charge in [-0.1, -0.05) is 43.3 Å². The second kappa shape index (κ2) is 6.19. The van der Waals surface area contributed by atoms with Crippen LogP contribution >= 0.6 is 0 Å². The highest BCUT2D eigenvalue weighted by molar-refractivity contribution is 5.15. The first-order valence-electron chi connectivity index (χ1n) is 6.36. The fraction of sp³-hybridized carbons (Fsp3) is 0.312. The molecule has 88 valence electrons. The number of hydrogen-bond acceptors (Lipinski definition) is 0. The summed E-state index contributed by atoms with van der Waals surface area (Å²) in [7, 11) is 0. The minimum atomic E-state index is 0.713. The molecule has 0 radical (unpaired) electrons. The summed E-state index contributed by atoms with van der Waals surface area (Å²) < 4.78 is 2.27. The van der Waals surface area contributed by atoms with E-state index >= 15 is 0 Å². The first-order valence-corrected chi connectivity index (χ1v) is 6.36. The van der Waals surface area contributed by atoms with Gasteiger partial charge in [-0.3, -0.25) is 0 Å². The number of rotatable bonds is 5. The van der Waals surface area contributed by atoms with Gasteiger partial charge in [-0.15, -0.1) is 0 Å². The zero-order chi connectivity index (χ0) is 11.9. The van der Waals surface area contributed by atoms with Crippen LogP contribution in [0.2, 0.25) is 0 Å². The lowest BCUT2D eigenvalue weighted by atomic mass is 9.97. The van der Waals surface area contributed by atoms with Crippen molar-refractivity contribution in [1.82, 2.24) is 0 Å². The summed E-state index contributed by atoms with van der Waals surface area (Å²) >= 11 is 0. The lowest BCUT2D eigenvalue weighted by molar-refractivity contribution is -0.703. The predicted octanol–water partition coefficient (Wildman–Crippen LogP) is 3.24. The van der Waals surface area contributed by atoms with E-state index in [1.165, 1.54) is 18.4 Å². The van der Waals surface area contributed by atoms with Crippen LogP contribution < -0.4 is 4.57 Å². The van der Waals surface area contributed by atoms with Gasteiger partial charge in [0.05, 0.1) is 0 Å². The van der Waals surface area contributed by atoms with Crippen molar-refractivity contribution in [2.45, 2.75) is 26.3 Å². The molecule has 2 aromatic rings. The van der Waals surface area contributed by atoms with Crippen molar-refractivity contribution in [2.24, 2.45) is 5.92 Å². The molecule has 1 nitrogen and oxygen atoms in total. The molecule has 1 aromatic carbocycles. The smallest absolute Gasteiger partial charge is 0.168 e. The summed E-state index contributed by atoms with van der Waals surface area (Å²) in [5.41, 5.74) is 1.44. The molecular weight excluding hydrogens is 206 g/mol. The van der Waals surface area contributed by atoms with Crippen LogP contribution in [0.5, 0.6) is 0 Å². The van der Waals surface area contributed by atoms with Crippen molar-refractivity contribution in [3.63, 3.8) is 0 Å². The lowest BCUT2D eigenvalue weighted by Crippen LogP contribution is -2.37. The molecule has 2 rings (SSSR count). The summed E-state index contributed by atoms with van der Waals surface area (Å²) in [5.74, 6) is 0.713. The van der Waals surface area contributed by atoms with Gasteiger partial charge in [-0.25, -0.2) is 4.57 Å². The normalized spacial score (nSPS) is 12.3. The molecule has 0 N–H and O–H groups in total. The standard InChI is InChI=1S/C16H20N/c1-2-15(13-16-9-5-3-6-10-16)14-17-11-7-4-8-12-17/h3-12,15H,2,13-14H2,1H3/q+1. The molecule has 0 saturated carbocycles. The van der Waals surface area contributed by atoms with Gasteiger partial charge in [0.1, 0.15) is 0 Å². The molecule has 0 aliphatic heterocycles. The Kier molecular flexibility index (Phi) is 4.31. The molecule has 1 aromatic heterocycles. The number of aromatic nitrogens is 1. The third-order valence-corrected chi connectivity index (χ3v) is 3.19. The van der Waals surface area contributed by atoms with Gasteiger partial charge >= 0.3 is 0 Å². The van der Waals surface area contributed by atoms with Gasteiger partial charge in [0.15, 0.2) is 18.9 Å². The SMILES string of the molecule is CCC(Cc1ccccc1)C[n+]1ccccc1. The molecule has 0 amide bonds. The first kappa shape index (κ1) is 11.8. The highest BCUT2D eigenvalue weighted by Crippen LogP contribution is 2.12. The monoisotopic (exact) mass is 226 g/mol. The second-order valence-electron chi connectivity index (χ2n) is 4.54. The zero-order valence-electron chi connectivity index (χ0n) is 10.4. The molecule has 1 unspecified atom stereocenters. The Morgan fingerprint density at radius 2 is 1.59 bits per heavy atom. The predicted molar refractivity (Wildman–Crippen MR) is 70.6 cm³/mol. The molecule has 17 heavy (non-hydrogen) atoms. The van der Waals surface area contributed by atoms with Crippen molar-refractivity contribution in [3.8, 4) is 0 Å². The number of benzene rings is 1. The van der Waals surface area contributed by atoms with E-state index < -0.39 is 0 Å². The van der Waals surface area contributed by atoms with E-state index in [1.807, 2.05) is 0 Å². The quantitative estimate of drug-likeness (QED) is 0.689. The maximum Gasteiger partial charge on any atom is 0.168 e. The second-order valence-corrected chi connectivity index (χ2v) is 4.54. The van der Waals surface area contributed by atoms with E-state index in [9.17, 15) is 0 Å². The van der Waals surface area contributed by atoms with E-state index in [0.717, 1.165) is 6.54 Å². The average Bonchev–Trinajstić information content (AvgIpc) is 2.40. The Balaban J connectivity index is 1.98. The summed E-state index contributed by atoms with van der Waals surface area (Å²) in [4.78, 5) is 0. The maximum atomic E-state index is 2.27. The fourth-order valence-corrected chi connectivity index (χ4v) is 2.14. The molecular formula is C16H20N+. The van der Waals surface area contributed by atoms with Crippen molar-refractivity contribution in [3.05, 3.63) is 66.5 Å². The number of nitrogens with zero attached hydrogens (tertiary/aromatic N) is 1. The summed E-state index contributed by atoms with van der Waals surface area (Å²) in [6, 6.07) is 17.0. The van der Waals surface area contributed by atoms with Crippen LogP contribution in [0, 0.1) is 5.92 Å². The Hall–Kier alpha value is -1.63. The summed E-state index contributed by atoms with van der Waals surface area (Å²) in [6.07, 6.45) is 6.68. The van der Waals surface area contributed by atoms with Gasteiger partial charge in [0, 0.05) is 18.1 Å². The Morgan fingerprint density at radius 3 is 2.24 bits per heavy atom. The third kappa shape index (κ3) is 3.70. The van der Waals surface area contributed by atoms with E-state index in [4.69, 9.17) is 0 Å². The van der Waals surface area contributed by atoms with Crippen LogP contribution in [0.4, 0.5) is 0 Å². The van der Waals surface area contributed by atoms with Gasteiger partial charge in [0.25, 0.3) is 0 Å². The first-order chi connectivity index (χ1) is 8.38. The van der Waals surface area contributed by atoms with Gasteiger partial charge in [0.2, 0.25) is 0 Å². The van der Waals surface area contributed by atoms with E-state index in [2.05, 4.69) is 72.4 Å². The summed E-state index contributed by atoms with van der Waals surface area (Å²) in [6.45, 7) is 3.38. The van der Waals surface area contributed by atoms with E-state index in [1.54, 1.807) is 0 Å². The van der Waals surface area contributed by atoms with Crippen molar-refractivity contribution < 1.29 is 4.57 Å². The largest absolute Gasteiger partial charge is 0.205 e. The van der Waals surface area contributed by atoms with Crippen LogP contribution in [-0.2, 0) is 13.0 Å². The van der Waals surface area contributed by atoms with Crippen LogP contribution in [0.25, 0.3) is 0 Å². The number of hydrogen-bond donors (Lipinski definition) is 0. The van der Waals surface area contributed by atoms with Gasteiger partial charge in [-0.2, -0.15) is 0 Å². The molecule has 0 spiro atoms. The minimum absolute atomic E-state index is 0.713. The van der Waals surface area contributed by atoms with Crippen molar-refractivity contribution >= 4 is 0 Å². The Bertz CT molecular complexity index is 380. The lowest BCUT2D eigenvalue weighted by Gasteiger charge is -2.11. The van der Waals surface area contributed by atoms with Crippen LogP contribution in [0.15, 0.2) is 60.9 Å². The highest BCUT2D eigenvalue weighted by atomic mass is 14.9. The minimum Gasteiger partial charge on any atom is -0.205 e. The molecule has 0 bridgehead atoms. The maximum absolute atomic E-state index is 2.27. The van der Waals surface area contributed by atoms with Gasteiger partial charge in [-0.05, 0) is 18.4 Å². The molecule has 0 fully saturated rings. The average molecular weight is 226 g/mol. The van der Waals surface area contributed by atoms with Crippen LogP contribution in [0.1, 0.15) is 18.9 Å². The van der Waals surface area contributed by atoms with Crippen molar-refractivity contribution in [2.75, 3.05) is 0 Å². The van der Waals surface area contributed by atoms with Crippen LogP contribution in [-0.4, -0.2) is 0 Å². The molecule has 1 heterocycles. The van der Waals surface area contributed by atoms with E-state index in [-0.39, 0.29) is 0 Å². The van der Waals surface area contributed by atoms with E-state index in [0.29, 0.717) is 5.92 Å².